The maximum atomic E-state index is 13.4. The van der Waals surface area contributed by atoms with Gasteiger partial charge >= 0.3 is 5.69 Å². The zero-order valence-corrected chi connectivity index (χ0v) is 19.3. The van der Waals surface area contributed by atoms with Crippen LogP contribution in [0.5, 0.6) is 17.4 Å². The van der Waals surface area contributed by atoms with Gasteiger partial charge < -0.3 is 19.6 Å². The summed E-state index contributed by atoms with van der Waals surface area (Å²) in [6.45, 7) is 0. The Morgan fingerprint density at radius 2 is 1.46 bits per heavy atom. The number of benzene rings is 2. The standard InChI is InChI=1S/C23H19N5O6S/c1-33-15-7-3-13(4-8-15)27-20(30)17(11-24-18-12-25-22(32)26-19(18)29)21(31)28(23(27)35)14-5-9-16(34-2)10-6-14/h3-12,30H,1-2H3,(H2,25,26,29,32). The molecule has 2 aromatic heterocycles. The molecule has 12 heteroatoms. The molecule has 11 nitrogen and oxygen atoms in total. The van der Waals surface area contributed by atoms with E-state index in [-0.39, 0.29) is 16.0 Å². The summed E-state index contributed by atoms with van der Waals surface area (Å²) in [4.78, 5) is 45.0. The van der Waals surface area contributed by atoms with Crippen LogP contribution in [0.15, 0.2) is 74.1 Å². The number of aliphatic imine (C=N–C) groups is 1. The molecule has 4 rings (SSSR count). The molecule has 0 aliphatic rings. The molecule has 178 valence electrons. The van der Waals surface area contributed by atoms with Crippen LogP contribution in [0.4, 0.5) is 5.69 Å². The Bertz CT molecular complexity index is 1650. The van der Waals surface area contributed by atoms with Crippen molar-refractivity contribution in [3.63, 3.8) is 0 Å². The quantitative estimate of drug-likeness (QED) is 0.276. The fourth-order valence-electron chi connectivity index (χ4n) is 3.28. The number of ether oxygens (including phenoxy) is 2. The second kappa shape index (κ2) is 9.65. The monoisotopic (exact) mass is 493 g/mol. The highest BCUT2D eigenvalue weighted by molar-refractivity contribution is 7.71. The van der Waals surface area contributed by atoms with Crippen molar-refractivity contribution in [2.24, 2.45) is 4.99 Å². The number of aromatic nitrogens is 4. The molecule has 0 saturated carbocycles. The molecule has 0 saturated heterocycles. The van der Waals surface area contributed by atoms with E-state index >= 15 is 0 Å². The van der Waals surface area contributed by atoms with Crippen LogP contribution in [0, 0.1) is 4.77 Å². The summed E-state index contributed by atoms with van der Waals surface area (Å²) in [7, 11) is 3.04. The minimum Gasteiger partial charge on any atom is -0.497 e. The molecule has 0 spiro atoms. The van der Waals surface area contributed by atoms with Crippen LogP contribution in [0.1, 0.15) is 5.56 Å². The topological polar surface area (TPSA) is 144 Å². The van der Waals surface area contributed by atoms with E-state index in [4.69, 9.17) is 21.7 Å². The lowest BCUT2D eigenvalue weighted by Gasteiger charge is -2.17. The molecule has 2 heterocycles. The summed E-state index contributed by atoms with van der Waals surface area (Å²) in [5.74, 6) is 0.676. The van der Waals surface area contributed by atoms with Gasteiger partial charge in [0.1, 0.15) is 22.7 Å². The number of hydrogen-bond acceptors (Lipinski definition) is 8. The lowest BCUT2D eigenvalue weighted by atomic mass is 10.2. The van der Waals surface area contributed by atoms with Gasteiger partial charge in [0.25, 0.3) is 11.1 Å². The zero-order chi connectivity index (χ0) is 25.1. The summed E-state index contributed by atoms with van der Waals surface area (Å²) < 4.78 is 12.9. The average molecular weight is 494 g/mol. The van der Waals surface area contributed by atoms with Crippen LogP contribution in [0.3, 0.4) is 0 Å². The summed E-state index contributed by atoms with van der Waals surface area (Å²) >= 11 is 5.59. The van der Waals surface area contributed by atoms with E-state index in [0.717, 1.165) is 12.4 Å². The van der Waals surface area contributed by atoms with E-state index in [1.54, 1.807) is 48.5 Å². The van der Waals surface area contributed by atoms with Crippen LogP contribution in [0.25, 0.3) is 11.4 Å². The summed E-state index contributed by atoms with van der Waals surface area (Å²) in [5.41, 5.74) is -1.68. The van der Waals surface area contributed by atoms with Crippen LogP contribution < -0.4 is 26.3 Å². The molecule has 0 atom stereocenters. The molecule has 0 aliphatic heterocycles. The van der Waals surface area contributed by atoms with Crippen LogP contribution in [-0.2, 0) is 0 Å². The number of nitrogens with zero attached hydrogens (tertiary/aromatic N) is 3. The van der Waals surface area contributed by atoms with Gasteiger partial charge in [-0.05, 0) is 60.7 Å². The maximum Gasteiger partial charge on any atom is 0.325 e. The first-order chi connectivity index (χ1) is 16.8. The number of hydrogen-bond donors (Lipinski definition) is 3. The van der Waals surface area contributed by atoms with Gasteiger partial charge in [-0.2, -0.15) is 0 Å². The van der Waals surface area contributed by atoms with Crippen LogP contribution in [0.2, 0.25) is 0 Å². The van der Waals surface area contributed by atoms with Gasteiger partial charge in [-0.3, -0.25) is 23.7 Å². The second-order valence-corrected chi connectivity index (χ2v) is 7.47. The largest absolute Gasteiger partial charge is 0.497 e. The first kappa shape index (κ1) is 23.4. The second-order valence-electron chi connectivity index (χ2n) is 7.11. The molecule has 2 aromatic carbocycles. The number of rotatable bonds is 6. The van der Waals surface area contributed by atoms with Crippen molar-refractivity contribution in [3.8, 4) is 28.8 Å². The van der Waals surface area contributed by atoms with E-state index in [1.165, 1.54) is 23.4 Å². The zero-order valence-electron chi connectivity index (χ0n) is 18.5. The van der Waals surface area contributed by atoms with Crippen LogP contribution in [-0.4, -0.2) is 44.6 Å². The number of methoxy groups -OCH3 is 2. The van der Waals surface area contributed by atoms with E-state index < -0.39 is 22.7 Å². The molecular formula is C23H19N5O6S. The third-order valence-corrected chi connectivity index (χ3v) is 5.43. The van der Waals surface area contributed by atoms with Gasteiger partial charge in [-0.15, -0.1) is 0 Å². The third-order valence-electron chi connectivity index (χ3n) is 5.06. The van der Waals surface area contributed by atoms with Gasteiger partial charge in [0.05, 0.1) is 25.6 Å². The molecule has 4 aromatic rings. The number of nitrogens with one attached hydrogen (secondary N) is 2. The average Bonchev–Trinajstić information content (AvgIpc) is 2.86. The highest BCUT2D eigenvalue weighted by atomic mass is 32.1. The summed E-state index contributed by atoms with van der Waals surface area (Å²) in [6.07, 6.45) is 2.13. The number of aromatic amines is 2. The highest BCUT2D eigenvalue weighted by Gasteiger charge is 2.18. The number of H-pyrrole nitrogens is 2. The predicted octanol–water partition coefficient (Wildman–Crippen LogP) is 2.21. The smallest absolute Gasteiger partial charge is 0.325 e. The van der Waals surface area contributed by atoms with Crippen molar-refractivity contribution >= 4 is 24.1 Å². The van der Waals surface area contributed by atoms with E-state index in [0.29, 0.717) is 22.9 Å². The van der Waals surface area contributed by atoms with Gasteiger partial charge in [0.15, 0.2) is 4.77 Å². The lowest BCUT2D eigenvalue weighted by Crippen LogP contribution is -2.27. The normalized spacial score (nSPS) is 11.0. The molecule has 0 amide bonds. The molecule has 3 N–H and O–H groups in total. The molecular weight excluding hydrogens is 474 g/mol. The molecule has 0 fully saturated rings. The van der Waals surface area contributed by atoms with Gasteiger partial charge in [-0.1, -0.05) is 0 Å². The fourth-order valence-corrected chi connectivity index (χ4v) is 3.66. The Balaban J connectivity index is 1.99. The van der Waals surface area contributed by atoms with Crippen LogP contribution >= 0.6 is 12.2 Å². The number of aromatic hydroxyl groups is 1. The van der Waals surface area contributed by atoms with Crippen molar-refractivity contribution in [2.75, 3.05) is 14.2 Å². The Morgan fingerprint density at radius 3 is 1.97 bits per heavy atom. The Kier molecular flexibility index (Phi) is 6.46. The first-order valence-electron chi connectivity index (χ1n) is 10.1. The third kappa shape index (κ3) is 4.54. The first-order valence-corrected chi connectivity index (χ1v) is 10.5. The molecule has 0 aliphatic carbocycles. The lowest BCUT2D eigenvalue weighted by molar-refractivity contribution is 0.414. The van der Waals surface area contributed by atoms with Crippen molar-refractivity contribution in [1.82, 2.24) is 19.1 Å². The minimum absolute atomic E-state index is 0.0122. The SMILES string of the molecule is COc1ccc(-n2c(O)c(C=Nc3c[nH]c(=O)[nH]c3=O)c(=O)n(-c3ccc(OC)cc3)c2=S)cc1. The van der Waals surface area contributed by atoms with Crippen molar-refractivity contribution in [1.29, 1.82) is 0 Å². The van der Waals surface area contributed by atoms with Crippen molar-refractivity contribution < 1.29 is 14.6 Å². The Morgan fingerprint density at radius 1 is 0.914 bits per heavy atom. The van der Waals surface area contributed by atoms with E-state index in [2.05, 4.69) is 9.98 Å². The Labute approximate surface area is 202 Å². The van der Waals surface area contributed by atoms with Crippen molar-refractivity contribution in [3.05, 3.63) is 96.3 Å². The molecule has 0 radical (unpaired) electrons. The maximum absolute atomic E-state index is 13.4. The van der Waals surface area contributed by atoms with Gasteiger partial charge in [0, 0.05) is 12.4 Å². The predicted molar refractivity (Wildman–Crippen MR) is 132 cm³/mol. The molecule has 0 bridgehead atoms. The summed E-state index contributed by atoms with van der Waals surface area (Å²) in [5, 5.41) is 11.1. The van der Waals surface area contributed by atoms with Crippen molar-refractivity contribution in [2.45, 2.75) is 0 Å². The molecule has 0 unspecified atom stereocenters. The molecule has 35 heavy (non-hydrogen) atoms. The van der Waals surface area contributed by atoms with E-state index in [1.807, 2.05) is 4.98 Å². The van der Waals surface area contributed by atoms with Gasteiger partial charge in [0.2, 0.25) is 5.88 Å². The minimum atomic E-state index is -0.761. The highest BCUT2D eigenvalue weighted by Crippen LogP contribution is 2.24. The summed E-state index contributed by atoms with van der Waals surface area (Å²) in [6, 6.07) is 13.3. The van der Waals surface area contributed by atoms with Gasteiger partial charge in [-0.25, -0.2) is 9.79 Å². The van der Waals surface area contributed by atoms with E-state index in [9.17, 15) is 19.5 Å². The Hall–Kier alpha value is -4.71. The fraction of sp³-hybridized carbons (Fsp3) is 0.0870.